The molecule has 0 atom stereocenters. The van der Waals surface area contributed by atoms with Gasteiger partial charge >= 0.3 is 0 Å². The van der Waals surface area contributed by atoms with Gasteiger partial charge in [0, 0.05) is 0 Å². The van der Waals surface area contributed by atoms with Crippen LogP contribution in [-0.2, 0) is 0 Å². The first-order chi connectivity index (χ1) is 9.12. The molecule has 0 saturated carbocycles. The van der Waals surface area contributed by atoms with Crippen LogP contribution in [0, 0.1) is 5.82 Å². The predicted molar refractivity (Wildman–Crippen MR) is 70.3 cm³/mol. The van der Waals surface area contributed by atoms with E-state index in [0.717, 1.165) is 0 Å². The molecule has 0 aliphatic heterocycles. The summed E-state index contributed by atoms with van der Waals surface area (Å²) in [6.07, 6.45) is 0.574. The SMILES string of the molecule is COc1c(Br)cc(-c2ccc(C=O)o2)c(OC)c1F. The van der Waals surface area contributed by atoms with Gasteiger partial charge in [-0.2, -0.15) is 4.39 Å². The van der Waals surface area contributed by atoms with Crippen molar-refractivity contribution in [3.8, 4) is 22.8 Å². The molecule has 0 fully saturated rings. The molecule has 100 valence electrons. The minimum Gasteiger partial charge on any atom is -0.493 e. The maximum atomic E-state index is 14.2. The van der Waals surface area contributed by atoms with Crippen LogP contribution in [0.3, 0.4) is 0 Å². The van der Waals surface area contributed by atoms with Gasteiger partial charge in [0.25, 0.3) is 0 Å². The number of carbonyl (C=O) groups is 1. The molecule has 1 heterocycles. The Morgan fingerprint density at radius 1 is 1.26 bits per heavy atom. The van der Waals surface area contributed by atoms with Gasteiger partial charge in [0.2, 0.25) is 5.82 Å². The van der Waals surface area contributed by atoms with Crippen molar-refractivity contribution in [3.05, 3.63) is 34.2 Å². The molecule has 1 aromatic heterocycles. The Labute approximate surface area is 117 Å². The molecular weight excluding hydrogens is 319 g/mol. The number of furan rings is 1. The number of rotatable bonds is 4. The van der Waals surface area contributed by atoms with Gasteiger partial charge in [-0.15, -0.1) is 0 Å². The van der Waals surface area contributed by atoms with Crippen molar-refractivity contribution in [2.75, 3.05) is 14.2 Å². The van der Waals surface area contributed by atoms with E-state index in [2.05, 4.69) is 15.9 Å². The van der Waals surface area contributed by atoms with Crippen LogP contribution in [0.2, 0.25) is 0 Å². The number of ether oxygens (including phenoxy) is 2. The van der Waals surface area contributed by atoms with Crippen molar-refractivity contribution in [2.45, 2.75) is 0 Å². The van der Waals surface area contributed by atoms with Crippen LogP contribution >= 0.6 is 15.9 Å². The topological polar surface area (TPSA) is 48.7 Å². The summed E-state index contributed by atoms with van der Waals surface area (Å²) in [6, 6.07) is 4.67. The Hall–Kier alpha value is -1.82. The van der Waals surface area contributed by atoms with Crippen LogP contribution in [-0.4, -0.2) is 20.5 Å². The van der Waals surface area contributed by atoms with Crippen LogP contribution in [0.15, 0.2) is 27.1 Å². The van der Waals surface area contributed by atoms with Gasteiger partial charge in [-0.25, -0.2) is 0 Å². The van der Waals surface area contributed by atoms with Gasteiger partial charge < -0.3 is 13.9 Å². The molecule has 0 amide bonds. The second-order valence-electron chi connectivity index (χ2n) is 3.61. The van der Waals surface area contributed by atoms with Crippen molar-refractivity contribution in [1.82, 2.24) is 0 Å². The predicted octanol–water partition coefficient (Wildman–Crippen LogP) is 3.68. The quantitative estimate of drug-likeness (QED) is 0.803. The molecule has 0 spiro atoms. The fourth-order valence-electron chi connectivity index (χ4n) is 1.71. The normalized spacial score (nSPS) is 10.3. The number of aldehydes is 1. The minimum atomic E-state index is -0.640. The Morgan fingerprint density at radius 2 is 1.95 bits per heavy atom. The van der Waals surface area contributed by atoms with E-state index in [4.69, 9.17) is 13.9 Å². The molecule has 0 aliphatic rings. The fourth-order valence-corrected chi connectivity index (χ4v) is 2.28. The lowest BCUT2D eigenvalue weighted by Gasteiger charge is -2.12. The van der Waals surface area contributed by atoms with Gasteiger partial charge in [0.15, 0.2) is 23.5 Å². The number of hydrogen-bond acceptors (Lipinski definition) is 4. The highest BCUT2D eigenvalue weighted by Gasteiger charge is 2.21. The van der Waals surface area contributed by atoms with E-state index >= 15 is 0 Å². The van der Waals surface area contributed by atoms with Crippen LogP contribution in [0.5, 0.6) is 11.5 Å². The van der Waals surface area contributed by atoms with Crippen LogP contribution in [0.1, 0.15) is 10.6 Å². The van der Waals surface area contributed by atoms with E-state index in [1.54, 1.807) is 12.1 Å². The standard InChI is InChI=1S/C13H10BrFO4/c1-17-12-8(10-4-3-7(6-16)19-10)5-9(14)13(18-2)11(12)15/h3-6H,1-2H3. The second-order valence-corrected chi connectivity index (χ2v) is 4.46. The van der Waals surface area contributed by atoms with Crippen molar-refractivity contribution >= 4 is 22.2 Å². The van der Waals surface area contributed by atoms with Crippen LogP contribution in [0.25, 0.3) is 11.3 Å². The Bertz CT molecular complexity index is 621. The lowest BCUT2D eigenvalue weighted by Crippen LogP contribution is -1.97. The minimum absolute atomic E-state index is 0.00755. The summed E-state index contributed by atoms with van der Waals surface area (Å²) < 4.78 is 29.9. The average Bonchev–Trinajstić information content (AvgIpc) is 2.87. The third-order valence-corrected chi connectivity index (χ3v) is 3.14. The van der Waals surface area contributed by atoms with E-state index in [-0.39, 0.29) is 17.3 Å². The molecule has 19 heavy (non-hydrogen) atoms. The second kappa shape index (κ2) is 5.44. The molecule has 0 N–H and O–H groups in total. The maximum absolute atomic E-state index is 14.2. The highest BCUT2D eigenvalue weighted by atomic mass is 79.9. The largest absolute Gasteiger partial charge is 0.493 e. The van der Waals surface area contributed by atoms with Gasteiger partial charge in [-0.05, 0) is 34.1 Å². The Balaban J connectivity index is 2.65. The number of halogens is 2. The van der Waals surface area contributed by atoms with Crippen LogP contribution in [0.4, 0.5) is 4.39 Å². The Morgan fingerprint density at radius 3 is 2.47 bits per heavy atom. The number of methoxy groups -OCH3 is 2. The molecule has 0 bridgehead atoms. The van der Waals surface area contributed by atoms with Crippen molar-refractivity contribution < 1.29 is 23.1 Å². The van der Waals surface area contributed by atoms with E-state index in [1.807, 2.05) is 0 Å². The van der Waals surface area contributed by atoms with E-state index < -0.39 is 5.82 Å². The lowest BCUT2D eigenvalue weighted by molar-refractivity contribution is 0.110. The zero-order valence-corrected chi connectivity index (χ0v) is 11.8. The van der Waals surface area contributed by atoms with Gasteiger partial charge in [-0.1, -0.05) is 0 Å². The highest BCUT2D eigenvalue weighted by Crippen LogP contribution is 2.42. The lowest BCUT2D eigenvalue weighted by atomic mass is 10.1. The molecule has 6 heteroatoms. The summed E-state index contributed by atoms with van der Waals surface area (Å²) in [4.78, 5) is 10.6. The fraction of sp³-hybridized carbons (Fsp3) is 0.154. The third-order valence-electron chi connectivity index (χ3n) is 2.55. The number of hydrogen-bond donors (Lipinski definition) is 0. The first-order valence-electron chi connectivity index (χ1n) is 5.27. The number of benzene rings is 1. The average molecular weight is 329 g/mol. The van der Waals surface area contributed by atoms with Crippen LogP contribution < -0.4 is 9.47 Å². The first kappa shape index (κ1) is 13.6. The van der Waals surface area contributed by atoms with E-state index in [9.17, 15) is 9.18 Å². The molecular formula is C13H10BrFO4. The summed E-state index contributed by atoms with van der Waals surface area (Å²) in [5.74, 6) is -0.112. The molecule has 0 aliphatic carbocycles. The molecule has 1 aromatic carbocycles. The monoisotopic (exact) mass is 328 g/mol. The van der Waals surface area contributed by atoms with Gasteiger partial charge in [0.05, 0.1) is 24.3 Å². The first-order valence-corrected chi connectivity index (χ1v) is 6.07. The third kappa shape index (κ3) is 2.35. The summed E-state index contributed by atoms with van der Waals surface area (Å²) in [5.41, 5.74) is 0.390. The highest BCUT2D eigenvalue weighted by molar-refractivity contribution is 9.10. The van der Waals surface area contributed by atoms with Crippen molar-refractivity contribution in [2.24, 2.45) is 0 Å². The maximum Gasteiger partial charge on any atom is 0.208 e. The van der Waals surface area contributed by atoms with Crippen molar-refractivity contribution in [1.29, 1.82) is 0 Å². The smallest absolute Gasteiger partial charge is 0.208 e. The molecule has 0 radical (unpaired) electrons. The number of carbonyl (C=O) groups excluding carboxylic acids is 1. The van der Waals surface area contributed by atoms with E-state index in [0.29, 0.717) is 22.1 Å². The summed E-state index contributed by atoms with van der Waals surface area (Å²) in [6.45, 7) is 0. The van der Waals surface area contributed by atoms with Crippen molar-refractivity contribution in [3.63, 3.8) is 0 Å². The summed E-state index contributed by atoms with van der Waals surface area (Å²) in [5, 5.41) is 0. The summed E-state index contributed by atoms with van der Waals surface area (Å²) >= 11 is 3.21. The Kier molecular flexibility index (Phi) is 3.90. The molecule has 4 nitrogen and oxygen atoms in total. The molecule has 2 rings (SSSR count). The zero-order chi connectivity index (χ0) is 14.0. The van der Waals surface area contributed by atoms with Gasteiger partial charge in [-0.3, -0.25) is 4.79 Å². The van der Waals surface area contributed by atoms with E-state index in [1.165, 1.54) is 20.3 Å². The molecule has 2 aromatic rings. The zero-order valence-electron chi connectivity index (χ0n) is 10.2. The summed E-state index contributed by atoms with van der Waals surface area (Å²) in [7, 11) is 2.71. The molecule has 0 saturated heterocycles. The molecule has 0 unspecified atom stereocenters. The van der Waals surface area contributed by atoms with Gasteiger partial charge in [0.1, 0.15) is 5.76 Å².